The summed E-state index contributed by atoms with van der Waals surface area (Å²) in [6.07, 6.45) is 0. The molecule has 0 atom stereocenters. The fourth-order valence-corrected chi connectivity index (χ4v) is 1.76. The normalized spacial score (nSPS) is 10.0. The van der Waals surface area contributed by atoms with E-state index in [1.165, 1.54) is 36.4 Å². The first kappa shape index (κ1) is 16.5. The molecule has 0 spiro atoms. The Kier molecular flexibility index (Phi) is 5.68. The molecule has 2 aromatic rings. The summed E-state index contributed by atoms with van der Waals surface area (Å²) in [7, 11) is 1.15. The van der Waals surface area contributed by atoms with Gasteiger partial charge in [0.1, 0.15) is 30.5 Å². The zero-order valence-electron chi connectivity index (χ0n) is 12.5. The maximum atomic E-state index is 12.7. The topological polar surface area (TPSA) is 61.8 Å². The van der Waals surface area contributed by atoms with E-state index < -0.39 is 11.8 Å². The van der Waals surface area contributed by atoms with E-state index in [0.29, 0.717) is 11.5 Å². The van der Waals surface area contributed by atoms with Crippen LogP contribution >= 0.6 is 0 Å². The smallest absolute Gasteiger partial charge is 0.379 e. The Hall–Kier alpha value is -2.89. The lowest BCUT2D eigenvalue weighted by molar-refractivity contribution is -0.135. The summed E-state index contributed by atoms with van der Waals surface area (Å²) >= 11 is 0. The van der Waals surface area contributed by atoms with Crippen LogP contribution in [-0.2, 0) is 9.53 Å². The van der Waals surface area contributed by atoms with Crippen molar-refractivity contribution in [3.05, 3.63) is 59.9 Å². The highest BCUT2D eigenvalue weighted by Crippen LogP contribution is 2.14. The van der Waals surface area contributed by atoms with Crippen LogP contribution in [0.15, 0.2) is 48.5 Å². The molecule has 0 aliphatic heterocycles. The predicted octanol–water partition coefficient (Wildman–Crippen LogP) is 2.64. The number of carbonyl (C=O) groups is 2. The van der Waals surface area contributed by atoms with Crippen molar-refractivity contribution in [3.8, 4) is 11.5 Å². The number of benzene rings is 2. The molecule has 6 heteroatoms. The molecule has 0 fully saturated rings. The molecule has 0 saturated heterocycles. The number of hydrogen-bond donors (Lipinski definition) is 0. The van der Waals surface area contributed by atoms with E-state index in [0.717, 1.165) is 7.11 Å². The first-order valence-corrected chi connectivity index (χ1v) is 6.84. The minimum Gasteiger partial charge on any atom is -0.490 e. The van der Waals surface area contributed by atoms with Crippen LogP contribution in [0.4, 0.5) is 4.39 Å². The maximum Gasteiger partial charge on any atom is 0.379 e. The summed E-state index contributed by atoms with van der Waals surface area (Å²) in [4.78, 5) is 22.7. The fourth-order valence-electron chi connectivity index (χ4n) is 1.76. The number of hydrogen-bond acceptors (Lipinski definition) is 5. The fraction of sp³-hybridized carbons (Fsp3) is 0.176. The van der Waals surface area contributed by atoms with Crippen LogP contribution < -0.4 is 9.47 Å². The monoisotopic (exact) mass is 318 g/mol. The van der Waals surface area contributed by atoms with Crippen LogP contribution in [0.5, 0.6) is 11.5 Å². The summed E-state index contributed by atoms with van der Waals surface area (Å²) in [5.74, 6) is -0.858. The second-order valence-corrected chi connectivity index (χ2v) is 4.50. The molecular weight excluding hydrogens is 303 g/mol. The Morgan fingerprint density at radius 1 is 0.870 bits per heavy atom. The second-order valence-electron chi connectivity index (χ2n) is 4.50. The molecule has 0 bridgehead atoms. The largest absolute Gasteiger partial charge is 0.490 e. The van der Waals surface area contributed by atoms with Crippen molar-refractivity contribution in [3.63, 3.8) is 0 Å². The van der Waals surface area contributed by atoms with E-state index in [1.54, 1.807) is 12.1 Å². The summed E-state index contributed by atoms with van der Waals surface area (Å²) in [5.41, 5.74) is 0.228. The van der Waals surface area contributed by atoms with Crippen molar-refractivity contribution < 1.29 is 28.2 Å². The Balaban J connectivity index is 1.79. The average molecular weight is 318 g/mol. The molecule has 0 aliphatic carbocycles. The van der Waals surface area contributed by atoms with Gasteiger partial charge in [-0.05, 0) is 48.5 Å². The van der Waals surface area contributed by atoms with E-state index in [9.17, 15) is 14.0 Å². The van der Waals surface area contributed by atoms with Crippen LogP contribution in [0.3, 0.4) is 0 Å². The summed E-state index contributed by atoms with van der Waals surface area (Å²) in [5, 5.41) is 0. The van der Waals surface area contributed by atoms with Gasteiger partial charge >= 0.3 is 5.97 Å². The third-order valence-corrected chi connectivity index (χ3v) is 2.92. The lowest BCUT2D eigenvalue weighted by Crippen LogP contribution is -2.15. The highest BCUT2D eigenvalue weighted by Gasteiger charge is 2.16. The maximum absolute atomic E-state index is 12.7. The number of carbonyl (C=O) groups excluding carboxylic acids is 2. The highest BCUT2D eigenvalue weighted by molar-refractivity contribution is 6.40. The molecule has 0 saturated carbocycles. The zero-order chi connectivity index (χ0) is 16.7. The minimum absolute atomic E-state index is 0.228. The molecule has 23 heavy (non-hydrogen) atoms. The van der Waals surface area contributed by atoms with E-state index in [2.05, 4.69) is 4.74 Å². The third-order valence-electron chi connectivity index (χ3n) is 2.92. The van der Waals surface area contributed by atoms with E-state index in [-0.39, 0.29) is 24.6 Å². The minimum atomic E-state index is -0.911. The van der Waals surface area contributed by atoms with Gasteiger partial charge in [0.2, 0.25) is 0 Å². The van der Waals surface area contributed by atoms with Gasteiger partial charge in [0, 0.05) is 5.56 Å². The highest BCUT2D eigenvalue weighted by atomic mass is 19.1. The average Bonchev–Trinajstić information content (AvgIpc) is 2.59. The number of methoxy groups -OCH3 is 1. The van der Waals surface area contributed by atoms with Crippen LogP contribution in [0.1, 0.15) is 10.4 Å². The standard InChI is InChI=1S/C17H15FO5/c1-21-17(20)16(19)12-2-6-14(7-3-12)22-10-11-23-15-8-4-13(18)5-9-15/h2-9H,10-11H2,1H3. The number of esters is 1. The van der Waals surface area contributed by atoms with Crippen LogP contribution in [0, 0.1) is 5.82 Å². The van der Waals surface area contributed by atoms with Gasteiger partial charge in [-0.15, -0.1) is 0 Å². The molecule has 2 aromatic carbocycles. The molecule has 0 heterocycles. The molecule has 0 aromatic heterocycles. The third kappa shape index (κ3) is 4.81. The van der Waals surface area contributed by atoms with Crippen molar-refractivity contribution in [2.24, 2.45) is 0 Å². The van der Waals surface area contributed by atoms with Crippen molar-refractivity contribution >= 4 is 11.8 Å². The summed E-state index contributed by atoms with van der Waals surface area (Å²) < 4.78 is 27.9. The summed E-state index contributed by atoms with van der Waals surface area (Å²) in [6, 6.07) is 11.8. The molecule has 0 unspecified atom stereocenters. The zero-order valence-corrected chi connectivity index (χ0v) is 12.5. The Morgan fingerprint density at radius 2 is 1.35 bits per heavy atom. The van der Waals surface area contributed by atoms with Gasteiger partial charge in [-0.1, -0.05) is 0 Å². The number of rotatable bonds is 7. The lowest BCUT2D eigenvalue weighted by Gasteiger charge is -2.08. The number of Topliss-reactive ketones (excluding diaryl/α,β-unsaturated/α-hetero) is 1. The SMILES string of the molecule is COC(=O)C(=O)c1ccc(OCCOc2ccc(F)cc2)cc1. The van der Waals surface area contributed by atoms with Crippen molar-refractivity contribution in [1.29, 1.82) is 0 Å². The van der Waals surface area contributed by atoms with Crippen molar-refractivity contribution in [1.82, 2.24) is 0 Å². The number of halogens is 1. The molecule has 2 rings (SSSR count). The Labute approximate surface area is 132 Å². The first-order valence-electron chi connectivity index (χ1n) is 6.84. The number of ether oxygens (including phenoxy) is 3. The van der Waals surface area contributed by atoms with Crippen LogP contribution in [-0.4, -0.2) is 32.1 Å². The van der Waals surface area contributed by atoms with E-state index in [1.807, 2.05) is 0 Å². The van der Waals surface area contributed by atoms with Crippen LogP contribution in [0.2, 0.25) is 0 Å². The van der Waals surface area contributed by atoms with Gasteiger partial charge in [-0.2, -0.15) is 0 Å². The van der Waals surface area contributed by atoms with Gasteiger partial charge in [-0.3, -0.25) is 4.79 Å². The van der Waals surface area contributed by atoms with Crippen molar-refractivity contribution in [2.75, 3.05) is 20.3 Å². The molecule has 0 radical (unpaired) electrons. The molecule has 0 N–H and O–H groups in total. The van der Waals surface area contributed by atoms with Gasteiger partial charge in [-0.25, -0.2) is 9.18 Å². The molecular formula is C17H15FO5. The Bertz CT molecular complexity index is 664. The second kappa shape index (κ2) is 7.93. The molecule has 0 aliphatic rings. The van der Waals surface area contributed by atoms with Gasteiger partial charge in [0.25, 0.3) is 5.78 Å². The first-order chi connectivity index (χ1) is 11.1. The molecule has 0 amide bonds. The summed E-state index contributed by atoms with van der Waals surface area (Å²) in [6.45, 7) is 0.566. The van der Waals surface area contributed by atoms with Gasteiger partial charge < -0.3 is 14.2 Å². The predicted molar refractivity (Wildman–Crippen MR) is 80.2 cm³/mol. The quantitative estimate of drug-likeness (QED) is 0.340. The Morgan fingerprint density at radius 3 is 1.83 bits per heavy atom. The van der Waals surface area contributed by atoms with Gasteiger partial charge in [0.05, 0.1) is 7.11 Å². The van der Waals surface area contributed by atoms with Crippen LogP contribution in [0.25, 0.3) is 0 Å². The molecule has 5 nitrogen and oxygen atoms in total. The van der Waals surface area contributed by atoms with Crippen molar-refractivity contribution in [2.45, 2.75) is 0 Å². The molecule has 120 valence electrons. The van der Waals surface area contributed by atoms with E-state index in [4.69, 9.17) is 9.47 Å². The van der Waals surface area contributed by atoms with E-state index >= 15 is 0 Å². The number of ketones is 1. The van der Waals surface area contributed by atoms with Gasteiger partial charge in [0.15, 0.2) is 0 Å². The lowest BCUT2D eigenvalue weighted by atomic mass is 10.1.